The van der Waals surface area contributed by atoms with Crippen LogP contribution in [-0.4, -0.2) is 14.4 Å². The van der Waals surface area contributed by atoms with Crippen LogP contribution < -0.4 is 5.73 Å². The number of nitrogen functional groups attached to an aromatic ring is 1. The van der Waals surface area contributed by atoms with Crippen LogP contribution in [0.1, 0.15) is 5.69 Å². The van der Waals surface area contributed by atoms with Crippen molar-refractivity contribution in [2.24, 2.45) is 0 Å². The lowest BCUT2D eigenvalue weighted by Crippen LogP contribution is -1.89. The van der Waals surface area contributed by atoms with Crippen LogP contribution in [0.15, 0.2) is 24.4 Å². The molecule has 0 saturated heterocycles. The molecule has 0 fully saturated rings. The van der Waals surface area contributed by atoms with E-state index in [0.717, 1.165) is 28.2 Å². The molecule has 4 heteroatoms. The maximum Gasteiger partial charge on any atom is 0.159 e. The highest BCUT2D eigenvalue weighted by atomic mass is 15.1. The van der Waals surface area contributed by atoms with Gasteiger partial charge >= 0.3 is 0 Å². The van der Waals surface area contributed by atoms with Crippen molar-refractivity contribution in [2.75, 3.05) is 5.73 Å². The fraction of sp³-hybridized carbons (Fsp3) is 0.100. The van der Waals surface area contributed by atoms with Gasteiger partial charge in [-0.1, -0.05) is 6.07 Å². The molecule has 4 nitrogen and oxygen atoms in total. The Kier molecular flexibility index (Phi) is 1.21. The van der Waals surface area contributed by atoms with Gasteiger partial charge in [0.25, 0.3) is 0 Å². The number of hydrogen-bond acceptors (Lipinski definition) is 2. The Balaban J connectivity index is 2.62. The van der Waals surface area contributed by atoms with Crippen LogP contribution in [0.3, 0.4) is 0 Å². The van der Waals surface area contributed by atoms with Crippen LogP contribution >= 0.6 is 0 Å². The molecular weight excluding hydrogens is 176 g/mol. The zero-order valence-electron chi connectivity index (χ0n) is 7.78. The second-order valence-electron chi connectivity index (χ2n) is 3.40. The summed E-state index contributed by atoms with van der Waals surface area (Å²) in [6.45, 7) is 1.95. The van der Waals surface area contributed by atoms with Gasteiger partial charge < -0.3 is 10.7 Å². The molecule has 3 N–H and O–H groups in total. The maximum absolute atomic E-state index is 5.96. The third-order valence-corrected chi connectivity index (χ3v) is 2.49. The van der Waals surface area contributed by atoms with Crippen molar-refractivity contribution in [1.29, 1.82) is 0 Å². The molecule has 0 amide bonds. The number of fused-ring (bicyclic) bond motifs is 3. The second-order valence-corrected chi connectivity index (χ2v) is 3.40. The summed E-state index contributed by atoms with van der Waals surface area (Å²) in [7, 11) is 0. The van der Waals surface area contributed by atoms with E-state index in [4.69, 9.17) is 5.73 Å². The number of nitrogens with one attached hydrogen (secondary N) is 1. The summed E-state index contributed by atoms with van der Waals surface area (Å²) in [5.41, 5.74) is 10.4. The molecule has 0 aromatic carbocycles. The highest BCUT2D eigenvalue weighted by molar-refractivity contribution is 5.90. The van der Waals surface area contributed by atoms with E-state index in [9.17, 15) is 0 Å². The van der Waals surface area contributed by atoms with E-state index in [2.05, 4.69) is 9.97 Å². The van der Waals surface area contributed by atoms with E-state index in [1.807, 2.05) is 35.7 Å². The normalized spacial score (nSPS) is 11.5. The summed E-state index contributed by atoms with van der Waals surface area (Å²) in [5.74, 6) is 0. The largest absolute Gasteiger partial charge is 0.396 e. The van der Waals surface area contributed by atoms with Crippen LogP contribution in [0.5, 0.6) is 0 Å². The Morgan fingerprint density at radius 1 is 1.43 bits per heavy atom. The quantitative estimate of drug-likeness (QED) is 0.561. The lowest BCUT2D eigenvalue weighted by atomic mass is 10.4. The number of aromatic nitrogens is 3. The first-order valence-electron chi connectivity index (χ1n) is 4.48. The van der Waals surface area contributed by atoms with Gasteiger partial charge in [-0.05, 0) is 19.1 Å². The number of hydrogen-bond donors (Lipinski definition) is 2. The second kappa shape index (κ2) is 2.29. The summed E-state index contributed by atoms with van der Waals surface area (Å²) < 4.78 is 1.99. The highest BCUT2D eigenvalue weighted by Gasteiger charge is 2.10. The maximum atomic E-state index is 5.96. The number of rotatable bonds is 0. The third-order valence-electron chi connectivity index (χ3n) is 2.49. The van der Waals surface area contributed by atoms with E-state index >= 15 is 0 Å². The summed E-state index contributed by atoms with van der Waals surface area (Å²) in [6, 6.07) is 5.89. The zero-order chi connectivity index (χ0) is 9.71. The van der Waals surface area contributed by atoms with Crippen molar-refractivity contribution in [1.82, 2.24) is 14.4 Å². The minimum Gasteiger partial charge on any atom is -0.396 e. The van der Waals surface area contributed by atoms with Crippen LogP contribution in [-0.2, 0) is 0 Å². The monoisotopic (exact) mass is 186 g/mol. The summed E-state index contributed by atoms with van der Waals surface area (Å²) in [4.78, 5) is 7.58. The Morgan fingerprint density at radius 2 is 2.29 bits per heavy atom. The molecule has 14 heavy (non-hydrogen) atoms. The topological polar surface area (TPSA) is 59.1 Å². The van der Waals surface area contributed by atoms with Crippen LogP contribution in [0, 0.1) is 6.92 Å². The molecule has 0 aliphatic heterocycles. The van der Waals surface area contributed by atoms with E-state index in [1.165, 1.54) is 0 Å². The van der Waals surface area contributed by atoms with Gasteiger partial charge in [0.1, 0.15) is 11.2 Å². The molecule has 0 aliphatic carbocycles. The van der Waals surface area contributed by atoms with Gasteiger partial charge in [-0.2, -0.15) is 0 Å². The average Bonchev–Trinajstić information content (AvgIpc) is 2.65. The highest BCUT2D eigenvalue weighted by Crippen LogP contribution is 2.24. The molecule has 3 heterocycles. The van der Waals surface area contributed by atoms with Crippen LogP contribution in [0.4, 0.5) is 5.69 Å². The first kappa shape index (κ1) is 7.44. The fourth-order valence-electron chi connectivity index (χ4n) is 1.76. The third kappa shape index (κ3) is 0.750. The Bertz CT molecular complexity index is 617. The predicted octanol–water partition coefficient (Wildman–Crippen LogP) is 1.71. The lowest BCUT2D eigenvalue weighted by Gasteiger charge is -1.94. The number of aryl methyl sites for hydroxylation is 1. The van der Waals surface area contributed by atoms with Gasteiger partial charge in [-0.3, -0.25) is 4.40 Å². The van der Waals surface area contributed by atoms with Crippen molar-refractivity contribution in [3.8, 4) is 0 Å². The molecule has 0 aliphatic rings. The predicted molar refractivity (Wildman–Crippen MR) is 56.2 cm³/mol. The van der Waals surface area contributed by atoms with Gasteiger partial charge in [-0.15, -0.1) is 0 Å². The van der Waals surface area contributed by atoms with E-state index in [1.54, 1.807) is 0 Å². The molecule has 0 radical (unpaired) electrons. The minimum atomic E-state index is 0.777. The number of nitrogens with zero attached hydrogens (tertiary/aromatic N) is 2. The molecule has 0 spiro atoms. The summed E-state index contributed by atoms with van der Waals surface area (Å²) in [6.07, 6.45) is 1.97. The Labute approximate surface area is 80.4 Å². The number of aromatic amines is 1. The van der Waals surface area contributed by atoms with Gasteiger partial charge in [0.05, 0.1) is 5.69 Å². The first-order valence-corrected chi connectivity index (χ1v) is 4.48. The lowest BCUT2D eigenvalue weighted by molar-refractivity contribution is 1.21. The van der Waals surface area contributed by atoms with Gasteiger partial charge in [0.15, 0.2) is 5.65 Å². The number of pyridine rings is 1. The first-order chi connectivity index (χ1) is 6.77. The molecule has 3 aromatic rings. The SMILES string of the molecule is Cc1[nH]c2nc3ccccn3c2c1N. The van der Waals surface area contributed by atoms with E-state index in [0.29, 0.717) is 0 Å². The van der Waals surface area contributed by atoms with Crippen molar-refractivity contribution < 1.29 is 0 Å². The fourth-order valence-corrected chi connectivity index (χ4v) is 1.76. The van der Waals surface area contributed by atoms with E-state index in [-0.39, 0.29) is 0 Å². The molecular formula is C10H10N4. The van der Waals surface area contributed by atoms with Gasteiger partial charge in [0, 0.05) is 11.9 Å². The van der Waals surface area contributed by atoms with Crippen molar-refractivity contribution in [3.63, 3.8) is 0 Å². The standard InChI is InChI=1S/C10H10N4/c1-6-8(11)9-10(12-6)13-7-4-2-3-5-14(7)9/h2-5,12H,11H2,1H3. The molecule has 0 unspecified atom stereocenters. The molecule has 0 saturated carbocycles. The number of H-pyrrole nitrogens is 1. The molecule has 0 atom stereocenters. The van der Waals surface area contributed by atoms with Gasteiger partial charge in [0.2, 0.25) is 0 Å². The molecule has 0 bridgehead atoms. The van der Waals surface area contributed by atoms with Crippen LogP contribution in [0.25, 0.3) is 16.8 Å². The van der Waals surface area contributed by atoms with Crippen molar-refractivity contribution in [2.45, 2.75) is 6.92 Å². The number of nitrogens with two attached hydrogens (primary N) is 1. The number of imidazole rings is 1. The minimum absolute atomic E-state index is 0.777. The van der Waals surface area contributed by atoms with E-state index < -0.39 is 0 Å². The van der Waals surface area contributed by atoms with Crippen LogP contribution in [0.2, 0.25) is 0 Å². The molecule has 3 aromatic heterocycles. The zero-order valence-corrected chi connectivity index (χ0v) is 7.78. The summed E-state index contributed by atoms with van der Waals surface area (Å²) in [5, 5.41) is 0. The number of anilines is 1. The van der Waals surface area contributed by atoms with Gasteiger partial charge in [-0.25, -0.2) is 4.98 Å². The Morgan fingerprint density at radius 3 is 3.14 bits per heavy atom. The van der Waals surface area contributed by atoms with Crippen molar-refractivity contribution in [3.05, 3.63) is 30.1 Å². The summed E-state index contributed by atoms with van der Waals surface area (Å²) >= 11 is 0. The Hall–Kier alpha value is -1.97. The molecule has 3 rings (SSSR count). The van der Waals surface area contributed by atoms with Crippen molar-refractivity contribution >= 4 is 22.5 Å². The smallest absolute Gasteiger partial charge is 0.159 e. The average molecular weight is 186 g/mol. The molecule has 70 valence electrons.